The van der Waals surface area contributed by atoms with Gasteiger partial charge in [0, 0.05) is 5.56 Å². The van der Waals surface area contributed by atoms with Crippen molar-refractivity contribution in [2.24, 2.45) is 4.99 Å². The molecule has 1 aliphatic heterocycles. The van der Waals surface area contributed by atoms with Crippen LogP contribution in [0.2, 0.25) is 0 Å². The van der Waals surface area contributed by atoms with Gasteiger partial charge >= 0.3 is 5.97 Å². The van der Waals surface area contributed by atoms with Crippen molar-refractivity contribution in [1.29, 1.82) is 5.26 Å². The molecule has 1 aromatic heterocycles. The summed E-state index contributed by atoms with van der Waals surface area (Å²) in [5.41, 5.74) is 4.81. The first-order valence-corrected chi connectivity index (χ1v) is 15.5. The highest BCUT2D eigenvalue weighted by molar-refractivity contribution is 9.10. The van der Waals surface area contributed by atoms with Crippen LogP contribution in [0.3, 0.4) is 0 Å². The van der Waals surface area contributed by atoms with E-state index in [1.54, 1.807) is 24.5 Å². The van der Waals surface area contributed by atoms with E-state index in [4.69, 9.17) is 9.47 Å². The van der Waals surface area contributed by atoms with Crippen molar-refractivity contribution in [3.63, 3.8) is 0 Å². The Bertz CT molecular complexity index is 1950. The van der Waals surface area contributed by atoms with Crippen LogP contribution in [0.15, 0.2) is 92.3 Å². The number of aromatic nitrogens is 1. The summed E-state index contributed by atoms with van der Waals surface area (Å²) in [5.74, 6) is 0.487. The van der Waals surface area contributed by atoms with Gasteiger partial charge in [-0.05, 0) is 76.7 Å². The average Bonchev–Trinajstić information content (AvgIpc) is 3.30. The molecule has 0 N–H and O–H groups in total. The summed E-state index contributed by atoms with van der Waals surface area (Å²) in [5, 5.41) is 9.34. The molecule has 7 nitrogen and oxygen atoms in total. The fraction of sp³-hybridized carbons (Fsp3) is 0.235. The lowest BCUT2D eigenvalue weighted by atomic mass is 9.93. The maximum atomic E-state index is 13.9. The molecule has 0 aliphatic carbocycles. The quantitative estimate of drug-likeness (QED) is 0.213. The number of benzene rings is 3. The molecule has 9 heteroatoms. The third-order valence-corrected chi connectivity index (χ3v) is 8.81. The molecule has 0 unspecified atom stereocenters. The fourth-order valence-electron chi connectivity index (χ4n) is 4.96. The number of hydrogen-bond donors (Lipinski definition) is 0. The summed E-state index contributed by atoms with van der Waals surface area (Å²) in [7, 11) is 0. The highest BCUT2D eigenvalue weighted by Crippen LogP contribution is 2.32. The first-order valence-electron chi connectivity index (χ1n) is 13.9. The molecule has 1 aliphatic rings. The lowest BCUT2D eigenvalue weighted by molar-refractivity contribution is -0.139. The molecule has 218 valence electrons. The summed E-state index contributed by atoms with van der Waals surface area (Å²) >= 11 is 4.86. The van der Waals surface area contributed by atoms with E-state index in [2.05, 4.69) is 40.8 Å². The van der Waals surface area contributed by atoms with E-state index in [9.17, 15) is 14.9 Å². The van der Waals surface area contributed by atoms with Gasteiger partial charge in [-0.1, -0.05) is 73.7 Å². The Balaban J connectivity index is 1.52. The Labute approximate surface area is 262 Å². The zero-order chi connectivity index (χ0) is 30.7. The van der Waals surface area contributed by atoms with Crippen LogP contribution in [0, 0.1) is 11.3 Å². The molecule has 0 bridgehead atoms. The van der Waals surface area contributed by atoms with E-state index in [-0.39, 0.29) is 18.8 Å². The van der Waals surface area contributed by atoms with Gasteiger partial charge in [-0.2, -0.15) is 5.26 Å². The van der Waals surface area contributed by atoms with E-state index in [0.717, 1.165) is 16.7 Å². The molecule has 4 aromatic rings. The molecule has 3 aromatic carbocycles. The number of hydrogen-bond acceptors (Lipinski definition) is 7. The van der Waals surface area contributed by atoms with Gasteiger partial charge in [0.2, 0.25) is 0 Å². The summed E-state index contributed by atoms with van der Waals surface area (Å²) in [6, 6.07) is 22.4. The van der Waals surface area contributed by atoms with E-state index >= 15 is 0 Å². The summed E-state index contributed by atoms with van der Waals surface area (Å²) in [6.45, 7) is 8.26. The fourth-order valence-corrected chi connectivity index (χ4v) is 6.51. The first-order chi connectivity index (χ1) is 20.7. The summed E-state index contributed by atoms with van der Waals surface area (Å²) in [4.78, 5) is 32.3. The van der Waals surface area contributed by atoms with Crippen molar-refractivity contribution in [3.8, 4) is 11.8 Å². The second-order valence-electron chi connectivity index (χ2n) is 10.4. The van der Waals surface area contributed by atoms with Gasteiger partial charge in [0.25, 0.3) is 5.56 Å². The lowest BCUT2D eigenvalue weighted by Crippen LogP contribution is -2.39. The minimum absolute atomic E-state index is 0.221. The Morgan fingerprint density at radius 2 is 1.91 bits per heavy atom. The maximum absolute atomic E-state index is 13.9. The smallest absolute Gasteiger partial charge is 0.338 e. The zero-order valence-electron chi connectivity index (χ0n) is 24.3. The van der Waals surface area contributed by atoms with Crippen LogP contribution in [0.1, 0.15) is 67.5 Å². The van der Waals surface area contributed by atoms with Crippen LogP contribution in [0.4, 0.5) is 0 Å². The monoisotopic (exact) mass is 655 g/mol. The predicted octanol–water partition coefficient (Wildman–Crippen LogP) is 6.13. The Morgan fingerprint density at radius 3 is 2.58 bits per heavy atom. The molecule has 43 heavy (non-hydrogen) atoms. The normalized spacial score (nSPS) is 14.7. The molecule has 2 heterocycles. The van der Waals surface area contributed by atoms with Gasteiger partial charge in [0.1, 0.15) is 12.4 Å². The number of fused-ring (bicyclic) bond motifs is 1. The number of esters is 1. The molecule has 0 saturated carbocycles. The van der Waals surface area contributed by atoms with Gasteiger partial charge in [-0.25, -0.2) is 9.79 Å². The maximum Gasteiger partial charge on any atom is 0.338 e. The standard InChI is InChI=1S/C34H30BrN3O4S/c1-5-41-33(40)30-21(4)37-34-38(31(30)24-13-11-23(12-14-24)20(2)3)32(39)29(43-34)17-22-10-15-28(27(35)16-22)42-19-26-9-7-6-8-25(26)18-36/h6-17,20,31H,5,19H2,1-4H3/b29-17+/t31-/m0/s1. The highest BCUT2D eigenvalue weighted by Gasteiger charge is 2.33. The molecule has 0 saturated heterocycles. The molecular formula is C34H30BrN3O4S. The van der Waals surface area contributed by atoms with E-state index < -0.39 is 12.0 Å². The number of allylic oxidation sites excluding steroid dienone is 1. The minimum Gasteiger partial charge on any atom is -0.488 e. The van der Waals surface area contributed by atoms with Crippen LogP contribution in [0.5, 0.6) is 5.75 Å². The number of nitrogens with zero attached hydrogens (tertiary/aromatic N) is 3. The van der Waals surface area contributed by atoms with E-state index in [1.165, 1.54) is 16.9 Å². The Kier molecular flexibility index (Phi) is 9.09. The van der Waals surface area contributed by atoms with Crippen molar-refractivity contribution in [1.82, 2.24) is 4.57 Å². The number of nitriles is 1. The summed E-state index contributed by atoms with van der Waals surface area (Å²) < 4.78 is 14.2. The average molecular weight is 657 g/mol. The number of ether oxygens (including phenoxy) is 2. The molecular weight excluding hydrogens is 626 g/mol. The van der Waals surface area contributed by atoms with Crippen molar-refractivity contribution in [3.05, 3.63) is 130 Å². The van der Waals surface area contributed by atoms with Crippen molar-refractivity contribution >= 4 is 39.3 Å². The first kappa shape index (κ1) is 30.2. The van der Waals surface area contributed by atoms with Gasteiger partial charge in [-0.15, -0.1) is 0 Å². The van der Waals surface area contributed by atoms with Crippen LogP contribution in [-0.2, 0) is 16.1 Å². The Hall–Kier alpha value is -4.26. The zero-order valence-corrected chi connectivity index (χ0v) is 26.7. The van der Waals surface area contributed by atoms with E-state index in [1.807, 2.05) is 66.7 Å². The minimum atomic E-state index is -0.655. The second-order valence-corrected chi connectivity index (χ2v) is 12.2. The van der Waals surface area contributed by atoms with Crippen LogP contribution in [-0.4, -0.2) is 17.1 Å². The van der Waals surface area contributed by atoms with Gasteiger partial charge in [0.05, 0.1) is 44.6 Å². The summed E-state index contributed by atoms with van der Waals surface area (Å²) in [6.07, 6.45) is 1.81. The number of carbonyl (C=O) groups excluding carboxylic acids is 1. The SMILES string of the molecule is CCOC(=O)C1=C(C)N=c2s/c(=C/c3ccc(OCc4ccccc4C#N)c(Br)c3)c(=O)n2[C@H]1c1ccc(C(C)C)cc1. The van der Waals surface area contributed by atoms with Crippen LogP contribution >= 0.6 is 27.3 Å². The molecule has 0 spiro atoms. The van der Waals surface area contributed by atoms with Gasteiger partial charge in [0.15, 0.2) is 4.80 Å². The highest BCUT2D eigenvalue weighted by atomic mass is 79.9. The van der Waals surface area contributed by atoms with E-state index in [0.29, 0.717) is 42.3 Å². The molecule has 0 amide bonds. The molecule has 5 rings (SSSR count). The topological polar surface area (TPSA) is 93.7 Å². The van der Waals surface area contributed by atoms with Crippen molar-refractivity contribution < 1.29 is 14.3 Å². The number of halogens is 1. The molecule has 0 radical (unpaired) electrons. The lowest BCUT2D eigenvalue weighted by Gasteiger charge is -2.25. The Morgan fingerprint density at radius 1 is 1.16 bits per heavy atom. The molecule has 1 atom stereocenters. The van der Waals surface area contributed by atoms with Crippen molar-refractivity contribution in [2.75, 3.05) is 6.61 Å². The number of rotatable bonds is 8. The van der Waals surface area contributed by atoms with Crippen LogP contribution in [0.25, 0.3) is 6.08 Å². The van der Waals surface area contributed by atoms with Gasteiger partial charge in [-0.3, -0.25) is 9.36 Å². The largest absolute Gasteiger partial charge is 0.488 e. The number of thiazole rings is 1. The van der Waals surface area contributed by atoms with Crippen LogP contribution < -0.4 is 19.6 Å². The second kappa shape index (κ2) is 12.9. The third-order valence-electron chi connectivity index (χ3n) is 7.21. The predicted molar refractivity (Wildman–Crippen MR) is 171 cm³/mol. The van der Waals surface area contributed by atoms with Crippen molar-refractivity contribution in [2.45, 2.75) is 46.3 Å². The third kappa shape index (κ3) is 6.26. The van der Waals surface area contributed by atoms with Gasteiger partial charge < -0.3 is 9.47 Å². The number of carbonyl (C=O) groups is 1. The molecule has 0 fully saturated rings.